The molecule has 1 amide bonds. The molecule has 0 fully saturated rings. The maximum atomic E-state index is 12.3. The van der Waals surface area contributed by atoms with Gasteiger partial charge in [0.05, 0.1) is 5.25 Å². The van der Waals surface area contributed by atoms with E-state index in [1.54, 1.807) is 24.5 Å². The summed E-state index contributed by atoms with van der Waals surface area (Å²) < 4.78 is 5.66. The number of oxazole rings is 1. The SMILES string of the molecule is CCC(Sc1nc2ccccc2o1)C(=O)Nc1ccncc1. The molecule has 1 atom stereocenters. The Kier molecular flexibility index (Phi) is 4.39. The second kappa shape index (κ2) is 6.62. The number of hydrogen-bond acceptors (Lipinski definition) is 5. The van der Waals surface area contributed by atoms with E-state index >= 15 is 0 Å². The van der Waals surface area contributed by atoms with E-state index in [0.29, 0.717) is 11.6 Å². The monoisotopic (exact) mass is 313 g/mol. The first-order chi connectivity index (χ1) is 10.8. The minimum Gasteiger partial charge on any atom is -0.431 e. The van der Waals surface area contributed by atoms with Crippen molar-refractivity contribution < 1.29 is 9.21 Å². The molecule has 6 heteroatoms. The zero-order valence-corrected chi connectivity index (χ0v) is 12.8. The molecule has 2 aromatic heterocycles. The number of anilines is 1. The van der Waals surface area contributed by atoms with Gasteiger partial charge in [-0.15, -0.1) is 0 Å². The second-order valence-corrected chi connectivity index (χ2v) is 5.84. The second-order valence-electron chi connectivity index (χ2n) is 4.69. The first-order valence-corrected chi connectivity index (χ1v) is 7.87. The fourth-order valence-corrected chi connectivity index (χ4v) is 2.87. The van der Waals surface area contributed by atoms with Crippen LogP contribution >= 0.6 is 11.8 Å². The number of nitrogens with zero attached hydrogens (tertiary/aromatic N) is 2. The molecule has 0 aliphatic carbocycles. The zero-order chi connectivity index (χ0) is 15.4. The van der Waals surface area contributed by atoms with E-state index in [1.165, 1.54) is 11.8 Å². The lowest BCUT2D eigenvalue weighted by molar-refractivity contribution is -0.115. The summed E-state index contributed by atoms with van der Waals surface area (Å²) in [6, 6.07) is 11.1. The number of nitrogens with one attached hydrogen (secondary N) is 1. The molecule has 3 rings (SSSR count). The number of hydrogen-bond donors (Lipinski definition) is 1. The van der Waals surface area contributed by atoms with Crippen molar-refractivity contribution in [1.82, 2.24) is 9.97 Å². The lowest BCUT2D eigenvalue weighted by Gasteiger charge is -2.12. The number of rotatable bonds is 5. The summed E-state index contributed by atoms with van der Waals surface area (Å²) in [4.78, 5) is 20.7. The minimum atomic E-state index is -0.263. The Bertz CT molecular complexity index is 740. The van der Waals surface area contributed by atoms with Gasteiger partial charge in [0.1, 0.15) is 5.52 Å². The Morgan fingerprint density at radius 3 is 2.77 bits per heavy atom. The van der Waals surface area contributed by atoms with Crippen LogP contribution in [0.5, 0.6) is 0 Å². The molecule has 0 saturated heterocycles. The van der Waals surface area contributed by atoms with Gasteiger partial charge in [-0.2, -0.15) is 0 Å². The summed E-state index contributed by atoms with van der Waals surface area (Å²) >= 11 is 1.34. The van der Waals surface area contributed by atoms with Crippen molar-refractivity contribution in [1.29, 1.82) is 0 Å². The van der Waals surface area contributed by atoms with Gasteiger partial charge in [0.15, 0.2) is 5.58 Å². The molecule has 3 aromatic rings. The van der Waals surface area contributed by atoms with Crippen LogP contribution in [-0.4, -0.2) is 21.1 Å². The first-order valence-electron chi connectivity index (χ1n) is 6.99. The van der Waals surface area contributed by atoms with Crippen LogP contribution in [0.15, 0.2) is 58.4 Å². The highest BCUT2D eigenvalue weighted by molar-refractivity contribution is 8.00. The fraction of sp³-hybridized carbons (Fsp3) is 0.188. The summed E-state index contributed by atoms with van der Waals surface area (Å²) in [6.07, 6.45) is 3.97. The molecular formula is C16H15N3O2S. The number of amides is 1. The molecule has 0 saturated carbocycles. The number of benzene rings is 1. The quantitative estimate of drug-likeness (QED) is 0.727. The van der Waals surface area contributed by atoms with Gasteiger partial charge >= 0.3 is 0 Å². The number of aromatic nitrogens is 2. The van der Waals surface area contributed by atoms with E-state index in [-0.39, 0.29) is 11.2 Å². The summed E-state index contributed by atoms with van der Waals surface area (Å²) in [5, 5.41) is 3.13. The van der Waals surface area contributed by atoms with Crippen molar-refractivity contribution in [3.63, 3.8) is 0 Å². The summed E-state index contributed by atoms with van der Waals surface area (Å²) in [5.74, 6) is -0.0686. The van der Waals surface area contributed by atoms with Gasteiger partial charge in [-0.25, -0.2) is 4.98 Å². The van der Waals surface area contributed by atoms with Gasteiger partial charge in [-0.3, -0.25) is 9.78 Å². The Balaban J connectivity index is 1.72. The van der Waals surface area contributed by atoms with E-state index in [1.807, 2.05) is 31.2 Å². The van der Waals surface area contributed by atoms with E-state index in [2.05, 4.69) is 15.3 Å². The Labute approximate surface area is 132 Å². The average molecular weight is 313 g/mol. The largest absolute Gasteiger partial charge is 0.431 e. The fourth-order valence-electron chi connectivity index (χ4n) is 2.00. The number of carbonyl (C=O) groups excluding carboxylic acids is 1. The minimum absolute atomic E-state index is 0.0686. The molecule has 0 aliphatic heterocycles. The third kappa shape index (κ3) is 3.28. The molecule has 0 aliphatic rings. The lowest BCUT2D eigenvalue weighted by atomic mass is 10.3. The summed E-state index contributed by atoms with van der Waals surface area (Å²) in [5.41, 5.74) is 2.26. The van der Waals surface area contributed by atoms with Crippen LogP contribution in [0.25, 0.3) is 11.1 Å². The molecule has 5 nitrogen and oxygen atoms in total. The smallest absolute Gasteiger partial charge is 0.257 e. The van der Waals surface area contributed by atoms with Crippen LogP contribution in [0.4, 0.5) is 5.69 Å². The van der Waals surface area contributed by atoms with Crippen LogP contribution in [-0.2, 0) is 4.79 Å². The van der Waals surface area contributed by atoms with E-state index in [4.69, 9.17) is 4.42 Å². The van der Waals surface area contributed by atoms with Gasteiger partial charge in [0.25, 0.3) is 5.22 Å². The summed E-state index contributed by atoms with van der Waals surface area (Å²) in [7, 11) is 0. The topological polar surface area (TPSA) is 68.0 Å². The number of para-hydroxylation sites is 2. The first kappa shape index (κ1) is 14.6. The van der Waals surface area contributed by atoms with Crippen molar-refractivity contribution >= 4 is 34.5 Å². The maximum absolute atomic E-state index is 12.3. The molecular weight excluding hydrogens is 298 g/mol. The maximum Gasteiger partial charge on any atom is 0.257 e. The molecule has 112 valence electrons. The molecule has 0 spiro atoms. The van der Waals surface area contributed by atoms with E-state index in [9.17, 15) is 4.79 Å². The Morgan fingerprint density at radius 1 is 1.27 bits per heavy atom. The van der Waals surface area contributed by atoms with Crippen LogP contribution in [0, 0.1) is 0 Å². The molecule has 1 N–H and O–H groups in total. The number of fused-ring (bicyclic) bond motifs is 1. The molecule has 2 heterocycles. The van der Waals surface area contributed by atoms with Gasteiger partial charge in [-0.1, -0.05) is 30.8 Å². The van der Waals surface area contributed by atoms with Crippen molar-refractivity contribution in [2.24, 2.45) is 0 Å². The highest BCUT2D eigenvalue weighted by Gasteiger charge is 2.21. The van der Waals surface area contributed by atoms with Crippen LogP contribution < -0.4 is 5.32 Å². The van der Waals surface area contributed by atoms with Gasteiger partial charge < -0.3 is 9.73 Å². The van der Waals surface area contributed by atoms with Crippen LogP contribution in [0.1, 0.15) is 13.3 Å². The van der Waals surface area contributed by atoms with Gasteiger partial charge in [0.2, 0.25) is 5.91 Å². The molecule has 0 radical (unpaired) electrons. The normalized spacial score (nSPS) is 12.2. The Hall–Kier alpha value is -2.34. The van der Waals surface area contributed by atoms with Crippen LogP contribution in [0.3, 0.4) is 0 Å². The number of thioether (sulfide) groups is 1. The molecule has 22 heavy (non-hydrogen) atoms. The van der Waals surface area contributed by atoms with Crippen LogP contribution in [0.2, 0.25) is 0 Å². The molecule has 1 aromatic carbocycles. The molecule has 1 unspecified atom stereocenters. The lowest BCUT2D eigenvalue weighted by Crippen LogP contribution is -2.24. The highest BCUT2D eigenvalue weighted by atomic mass is 32.2. The van der Waals surface area contributed by atoms with E-state index < -0.39 is 0 Å². The predicted octanol–water partition coefficient (Wildman–Crippen LogP) is 3.73. The number of carbonyl (C=O) groups is 1. The van der Waals surface area contributed by atoms with Gasteiger partial charge in [0, 0.05) is 18.1 Å². The third-order valence-electron chi connectivity index (χ3n) is 3.13. The highest BCUT2D eigenvalue weighted by Crippen LogP contribution is 2.28. The third-order valence-corrected chi connectivity index (χ3v) is 4.34. The molecule has 0 bridgehead atoms. The van der Waals surface area contributed by atoms with Crippen molar-refractivity contribution in [2.75, 3.05) is 5.32 Å². The Morgan fingerprint density at radius 2 is 2.05 bits per heavy atom. The standard InChI is InChI=1S/C16H15N3O2S/c1-2-14(15(20)18-11-7-9-17-10-8-11)22-16-19-12-5-3-4-6-13(12)21-16/h3-10,14H,2H2,1H3,(H,17,18,20). The number of pyridine rings is 1. The van der Waals surface area contributed by atoms with Gasteiger partial charge in [-0.05, 0) is 30.7 Å². The van der Waals surface area contributed by atoms with E-state index in [0.717, 1.165) is 16.8 Å². The van der Waals surface area contributed by atoms with Crippen molar-refractivity contribution in [3.05, 3.63) is 48.8 Å². The predicted molar refractivity (Wildman–Crippen MR) is 86.8 cm³/mol. The van der Waals surface area contributed by atoms with Crippen molar-refractivity contribution in [3.8, 4) is 0 Å². The summed E-state index contributed by atoms with van der Waals surface area (Å²) in [6.45, 7) is 1.96. The zero-order valence-electron chi connectivity index (χ0n) is 12.0. The average Bonchev–Trinajstić information content (AvgIpc) is 2.96. The van der Waals surface area contributed by atoms with Crippen molar-refractivity contribution in [2.45, 2.75) is 23.8 Å².